The lowest BCUT2D eigenvalue weighted by Gasteiger charge is -2.12. The lowest BCUT2D eigenvalue weighted by atomic mass is 10.2. The maximum Gasteiger partial charge on any atom is 0.288 e. The average molecular weight is 387 g/mol. The first-order valence-electron chi connectivity index (χ1n) is 7.63. The lowest BCUT2D eigenvalue weighted by molar-refractivity contribution is -0.115. The third-order valence-electron chi connectivity index (χ3n) is 3.04. The van der Waals surface area contributed by atoms with Crippen LogP contribution >= 0.6 is 23.5 Å². The highest BCUT2D eigenvalue weighted by Gasteiger charge is 2.19. The number of aromatic nitrogens is 4. The predicted molar refractivity (Wildman–Crippen MR) is 94.9 cm³/mol. The number of hydrogen-bond acceptors (Lipinski definition) is 6. The van der Waals surface area contributed by atoms with Crippen LogP contribution < -0.4 is 5.32 Å². The summed E-state index contributed by atoms with van der Waals surface area (Å²) in [4.78, 5) is 12.7. The normalized spacial score (nSPS) is 12.6. The molecule has 1 N–H and O–H groups in total. The molecule has 2 rings (SSSR count). The average Bonchev–Trinajstić information content (AvgIpc) is 2.94. The van der Waals surface area contributed by atoms with Crippen molar-refractivity contribution in [1.82, 2.24) is 20.2 Å². The van der Waals surface area contributed by atoms with E-state index in [1.54, 1.807) is 35.9 Å². The van der Waals surface area contributed by atoms with Crippen molar-refractivity contribution >= 4 is 35.1 Å². The predicted octanol–water partition coefficient (Wildman–Crippen LogP) is 3.76. The molecule has 136 valence electrons. The van der Waals surface area contributed by atoms with Crippen LogP contribution in [0.1, 0.15) is 20.8 Å². The fourth-order valence-corrected chi connectivity index (χ4v) is 3.21. The molecule has 1 aromatic heterocycles. The summed E-state index contributed by atoms with van der Waals surface area (Å²) in [5.41, 5.74) is 0.554. The molecule has 0 aliphatic carbocycles. The van der Waals surface area contributed by atoms with Gasteiger partial charge in [-0.25, -0.2) is 4.68 Å². The van der Waals surface area contributed by atoms with Gasteiger partial charge in [0.05, 0.1) is 5.25 Å². The molecular weight excluding hydrogens is 368 g/mol. The van der Waals surface area contributed by atoms with E-state index in [0.717, 1.165) is 0 Å². The fourth-order valence-electron chi connectivity index (χ4n) is 1.92. The summed E-state index contributed by atoms with van der Waals surface area (Å²) in [5, 5.41) is 14.5. The minimum atomic E-state index is -2.46. The smallest absolute Gasteiger partial charge is 0.288 e. The number of nitrogens with zero attached hydrogens (tertiary/aromatic N) is 4. The second-order valence-corrected chi connectivity index (χ2v) is 8.06. The molecule has 25 heavy (non-hydrogen) atoms. The lowest BCUT2D eigenvalue weighted by Crippen LogP contribution is -2.23. The van der Waals surface area contributed by atoms with Gasteiger partial charge in [-0.2, -0.15) is 8.78 Å². The molecule has 0 fully saturated rings. The Bertz CT molecular complexity index is 693. The summed E-state index contributed by atoms with van der Waals surface area (Å²) in [6.45, 7) is 6.55. The number of alkyl halides is 2. The first-order valence-corrected chi connectivity index (χ1v) is 9.39. The van der Waals surface area contributed by atoms with Gasteiger partial charge in [-0.3, -0.25) is 4.79 Å². The monoisotopic (exact) mass is 387 g/mol. The van der Waals surface area contributed by atoms with E-state index in [2.05, 4.69) is 34.7 Å². The molecule has 1 amide bonds. The van der Waals surface area contributed by atoms with Crippen LogP contribution in [0, 0.1) is 5.92 Å². The summed E-state index contributed by atoms with van der Waals surface area (Å²) in [5.74, 6) is -2.29. The second kappa shape index (κ2) is 9.14. The highest BCUT2D eigenvalue weighted by molar-refractivity contribution is 8.00. The zero-order valence-electron chi connectivity index (χ0n) is 14.0. The van der Waals surface area contributed by atoms with Gasteiger partial charge in [0.2, 0.25) is 11.1 Å². The van der Waals surface area contributed by atoms with Crippen LogP contribution in [-0.2, 0) is 11.3 Å². The van der Waals surface area contributed by atoms with Gasteiger partial charge >= 0.3 is 0 Å². The van der Waals surface area contributed by atoms with Crippen LogP contribution in [0.5, 0.6) is 0 Å². The van der Waals surface area contributed by atoms with Crippen LogP contribution in [0.3, 0.4) is 0 Å². The first-order chi connectivity index (χ1) is 11.8. The number of anilines is 1. The van der Waals surface area contributed by atoms with E-state index in [1.165, 1.54) is 11.8 Å². The van der Waals surface area contributed by atoms with E-state index >= 15 is 0 Å². The maximum absolute atomic E-state index is 12.3. The first kappa shape index (κ1) is 19.6. The van der Waals surface area contributed by atoms with Crippen molar-refractivity contribution in [2.75, 3.05) is 5.32 Å². The number of amides is 1. The number of benzene rings is 1. The Hall–Kier alpha value is -1.68. The maximum atomic E-state index is 12.3. The van der Waals surface area contributed by atoms with Gasteiger partial charge in [0, 0.05) is 17.1 Å². The van der Waals surface area contributed by atoms with E-state index in [9.17, 15) is 13.6 Å². The number of carbonyl (C=O) groups is 1. The van der Waals surface area contributed by atoms with Crippen LogP contribution in [0.4, 0.5) is 14.5 Å². The summed E-state index contributed by atoms with van der Waals surface area (Å²) >= 11 is 1.74. The number of carbonyl (C=O) groups excluding carboxylic acids is 1. The van der Waals surface area contributed by atoms with Crippen LogP contribution in [0.2, 0.25) is 0 Å². The van der Waals surface area contributed by atoms with Gasteiger partial charge in [-0.15, -0.1) is 5.10 Å². The van der Waals surface area contributed by atoms with Crippen molar-refractivity contribution in [2.24, 2.45) is 5.92 Å². The van der Waals surface area contributed by atoms with Crippen molar-refractivity contribution in [3.05, 3.63) is 24.3 Å². The third-order valence-corrected chi connectivity index (χ3v) is 4.83. The number of rotatable bonds is 8. The zero-order chi connectivity index (χ0) is 18.4. The molecule has 0 spiro atoms. The Kier molecular flexibility index (Phi) is 7.18. The molecule has 0 unspecified atom stereocenters. The highest BCUT2D eigenvalue weighted by Crippen LogP contribution is 2.27. The summed E-state index contributed by atoms with van der Waals surface area (Å²) in [6.07, 6.45) is 0. The number of hydrogen-bond donors (Lipinski definition) is 1. The molecular formula is C15H19F2N5OS2. The molecule has 0 saturated heterocycles. The van der Waals surface area contributed by atoms with Gasteiger partial charge < -0.3 is 5.32 Å². The molecule has 2 aromatic rings. The SMILES string of the molecule is CC(C)Cn1nnnc1S[C@@H](C)C(=O)Nc1ccc(SC(F)F)cc1. The van der Waals surface area contributed by atoms with E-state index in [-0.39, 0.29) is 5.91 Å². The van der Waals surface area contributed by atoms with Gasteiger partial charge in [0.25, 0.3) is 5.76 Å². The largest absolute Gasteiger partial charge is 0.325 e. The Balaban J connectivity index is 1.93. The van der Waals surface area contributed by atoms with Gasteiger partial charge in [0.15, 0.2) is 0 Å². The standard InChI is InChI=1S/C15H19F2N5OS2/c1-9(2)8-22-15(19-20-21-22)24-10(3)13(23)18-11-4-6-12(7-5-11)25-14(16)17/h4-7,9-10,14H,8H2,1-3H3,(H,18,23)/t10-/m0/s1. The third kappa shape index (κ3) is 6.28. The molecule has 10 heteroatoms. The van der Waals surface area contributed by atoms with Crippen LogP contribution in [0.25, 0.3) is 0 Å². The zero-order valence-corrected chi connectivity index (χ0v) is 15.7. The molecule has 1 heterocycles. The quantitative estimate of drug-likeness (QED) is 0.695. The molecule has 0 aliphatic heterocycles. The summed E-state index contributed by atoms with van der Waals surface area (Å²) < 4.78 is 26.3. The van der Waals surface area contributed by atoms with Crippen molar-refractivity contribution in [3.63, 3.8) is 0 Å². The molecule has 0 bridgehead atoms. The van der Waals surface area contributed by atoms with Crippen molar-refractivity contribution in [1.29, 1.82) is 0 Å². The van der Waals surface area contributed by atoms with E-state index in [0.29, 0.717) is 40.0 Å². The Morgan fingerprint density at radius 1 is 1.20 bits per heavy atom. The molecule has 0 saturated carbocycles. The van der Waals surface area contributed by atoms with E-state index in [1.807, 2.05) is 0 Å². The molecule has 0 radical (unpaired) electrons. The Morgan fingerprint density at radius 3 is 2.48 bits per heavy atom. The second-order valence-electron chi connectivity index (χ2n) is 5.69. The highest BCUT2D eigenvalue weighted by atomic mass is 32.2. The minimum Gasteiger partial charge on any atom is -0.325 e. The van der Waals surface area contributed by atoms with Crippen LogP contribution in [-0.4, -0.2) is 37.1 Å². The molecule has 6 nitrogen and oxygen atoms in total. The van der Waals surface area contributed by atoms with Crippen molar-refractivity contribution in [3.8, 4) is 0 Å². The number of halogens is 2. The molecule has 1 aromatic carbocycles. The molecule has 0 aliphatic rings. The Labute approximate surface area is 153 Å². The van der Waals surface area contributed by atoms with E-state index < -0.39 is 11.0 Å². The topological polar surface area (TPSA) is 72.7 Å². The summed E-state index contributed by atoms with van der Waals surface area (Å²) in [6, 6.07) is 6.30. The Morgan fingerprint density at radius 2 is 1.88 bits per heavy atom. The van der Waals surface area contributed by atoms with Crippen molar-refractivity contribution in [2.45, 2.75) is 48.4 Å². The van der Waals surface area contributed by atoms with Gasteiger partial charge in [0.1, 0.15) is 0 Å². The van der Waals surface area contributed by atoms with Gasteiger partial charge in [-0.1, -0.05) is 37.4 Å². The fraction of sp³-hybridized carbons (Fsp3) is 0.467. The number of nitrogens with one attached hydrogen (secondary N) is 1. The molecule has 1 atom stereocenters. The van der Waals surface area contributed by atoms with Crippen LogP contribution in [0.15, 0.2) is 34.3 Å². The van der Waals surface area contributed by atoms with Gasteiger partial charge in [-0.05, 0) is 47.5 Å². The van der Waals surface area contributed by atoms with Crippen molar-refractivity contribution < 1.29 is 13.6 Å². The number of tetrazole rings is 1. The minimum absolute atomic E-state index is 0.210. The number of thioether (sulfide) groups is 2. The summed E-state index contributed by atoms with van der Waals surface area (Å²) in [7, 11) is 0. The van der Waals surface area contributed by atoms with E-state index in [4.69, 9.17) is 0 Å².